The van der Waals surface area contributed by atoms with E-state index in [9.17, 15) is 18.7 Å². The summed E-state index contributed by atoms with van der Waals surface area (Å²) in [5.74, 6) is -3.69. The van der Waals surface area contributed by atoms with Crippen LogP contribution in [0.25, 0.3) is 0 Å². The summed E-state index contributed by atoms with van der Waals surface area (Å²) in [6, 6.07) is 0. The first-order valence-electron chi connectivity index (χ1n) is 5.10. The molecule has 19 heavy (non-hydrogen) atoms. The molecular formula is C9H9BrF2IN3O3. The van der Waals surface area contributed by atoms with Crippen LogP contribution in [0.5, 0.6) is 0 Å². The Kier molecular flexibility index (Phi) is 4.14. The van der Waals surface area contributed by atoms with Crippen molar-refractivity contribution >= 4 is 44.3 Å². The lowest BCUT2D eigenvalue weighted by Gasteiger charge is -2.21. The summed E-state index contributed by atoms with van der Waals surface area (Å²) in [4.78, 5) is 15.0. The second kappa shape index (κ2) is 5.22. The molecule has 0 amide bonds. The molecule has 1 aromatic heterocycles. The van der Waals surface area contributed by atoms with E-state index in [1.807, 2.05) is 22.6 Å². The van der Waals surface area contributed by atoms with E-state index in [2.05, 4.69) is 20.9 Å². The number of aromatic nitrogens is 2. The molecule has 3 atom stereocenters. The second-order valence-electron chi connectivity index (χ2n) is 3.96. The van der Waals surface area contributed by atoms with Gasteiger partial charge in [0.05, 0.1) is 4.47 Å². The monoisotopic (exact) mass is 451 g/mol. The lowest BCUT2D eigenvalue weighted by atomic mass is 10.1. The summed E-state index contributed by atoms with van der Waals surface area (Å²) in [6.45, 7) is 0. The van der Waals surface area contributed by atoms with Crippen LogP contribution in [0.4, 0.5) is 14.6 Å². The van der Waals surface area contributed by atoms with E-state index in [1.165, 1.54) is 0 Å². The number of halogens is 4. The van der Waals surface area contributed by atoms with Crippen LogP contribution in [0.15, 0.2) is 15.5 Å². The van der Waals surface area contributed by atoms with Gasteiger partial charge in [0.2, 0.25) is 6.23 Å². The van der Waals surface area contributed by atoms with Gasteiger partial charge in [0.15, 0.2) is 0 Å². The molecule has 2 rings (SSSR count). The molecule has 2 heterocycles. The molecule has 106 valence electrons. The number of aliphatic hydroxyl groups excluding tert-OH is 1. The van der Waals surface area contributed by atoms with Gasteiger partial charge in [-0.05, 0) is 15.9 Å². The van der Waals surface area contributed by atoms with E-state index in [0.717, 1.165) is 6.20 Å². The fraction of sp³-hybridized carbons (Fsp3) is 0.556. The largest absolute Gasteiger partial charge is 0.384 e. The predicted molar refractivity (Wildman–Crippen MR) is 74.4 cm³/mol. The highest BCUT2D eigenvalue weighted by Gasteiger charge is 2.59. The quantitative estimate of drug-likeness (QED) is 0.515. The van der Waals surface area contributed by atoms with Crippen LogP contribution in [0.1, 0.15) is 6.23 Å². The minimum Gasteiger partial charge on any atom is -0.384 e. The Bertz CT molecular complexity index is 556. The molecule has 0 spiro atoms. The number of nitrogens with zero attached hydrogens (tertiary/aromatic N) is 2. The minimum absolute atomic E-state index is 0.103. The Morgan fingerprint density at radius 2 is 2.32 bits per heavy atom. The summed E-state index contributed by atoms with van der Waals surface area (Å²) in [5, 5.41) is 9.51. The number of anilines is 1. The molecule has 0 saturated carbocycles. The third-order valence-corrected chi connectivity index (χ3v) is 4.20. The number of hydrogen-bond acceptors (Lipinski definition) is 5. The number of ether oxygens (including phenoxy) is 1. The standard InChI is InChI=1S/C9H9BrF2IN3O3/c10-3-2-16(8(18)15-6(3)14)7-9(11,12)5(17)4(1-13)19-7/h2,4-5,7,17H,1H2,(H2,14,15,18)/t4-,5-,7-/m1/s1. The van der Waals surface area contributed by atoms with Gasteiger partial charge in [-0.15, -0.1) is 0 Å². The van der Waals surface area contributed by atoms with Crippen LogP contribution in [-0.2, 0) is 4.74 Å². The average molecular weight is 452 g/mol. The minimum atomic E-state index is -3.59. The van der Waals surface area contributed by atoms with Gasteiger partial charge >= 0.3 is 11.6 Å². The molecule has 10 heteroatoms. The van der Waals surface area contributed by atoms with Crippen molar-refractivity contribution in [3.05, 3.63) is 21.2 Å². The topological polar surface area (TPSA) is 90.4 Å². The van der Waals surface area contributed by atoms with Gasteiger partial charge in [0, 0.05) is 10.6 Å². The zero-order valence-electron chi connectivity index (χ0n) is 9.26. The smallest absolute Gasteiger partial charge is 0.351 e. The first-order chi connectivity index (χ1) is 8.78. The lowest BCUT2D eigenvalue weighted by molar-refractivity contribution is -0.140. The van der Waals surface area contributed by atoms with Crippen LogP contribution >= 0.6 is 38.5 Å². The summed E-state index contributed by atoms with van der Waals surface area (Å²) in [6.07, 6.45) is -3.86. The molecule has 0 radical (unpaired) electrons. The van der Waals surface area contributed by atoms with Crippen molar-refractivity contribution < 1.29 is 18.6 Å². The van der Waals surface area contributed by atoms with Crippen molar-refractivity contribution in [1.82, 2.24) is 9.55 Å². The van der Waals surface area contributed by atoms with Crippen LogP contribution in [-0.4, -0.2) is 37.2 Å². The van der Waals surface area contributed by atoms with E-state index < -0.39 is 30.0 Å². The third kappa shape index (κ3) is 2.50. The van der Waals surface area contributed by atoms with Crippen LogP contribution in [0.3, 0.4) is 0 Å². The Balaban J connectivity index is 2.48. The maximum Gasteiger partial charge on any atom is 0.351 e. The normalized spacial score (nSPS) is 29.6. The molecule has 1 aliphatic heterocycles. The van der Waals surface area contributed by atoms with Gasteiger partial charge in [0.1, 0.15) is 18.0 Å². The van der Waals surface area contributed by atoms with Crippen molar-refractivity contribution in [2.75, 3.05) is 10.2 Å². The molecule has 1 aliphatic rings. The number of nitrogen functional groups attached to an aromatic ring is 1. The predicted octanol–water partition coefficient (Wildman–Crippen LogP) is 0.917. The van der Waals surface area contributed by atoms with Crippen molar-refractivity contribution in [2.45, 2.75) is 24.4 Å². The molecule has 3 N–H and O–H groups in total. The Morgan fingerprint density at radius 1 is 1.68 bits per heavy atom. The lowest BCUT2D eigenvalue weighted by Crippen LogP contribution is -2.41. The highest BCUT2D eigenvalue weighted by atomic mass is 127. The van der Waals surface area contributed by atoms with E-state index in [4.69, 9.17) is 10.5 Å². The molecule has 1 aromatic rings. The van der Waals surface area contributed by atoms with Gasteiger partial charge in [0.25, 0.3) is 0 Å². The van der Waals surface area contributed by atoms with E-state index in [1.54, 1.807) is 0 Å². The van der Waals surface area contributed by atoms with Gasteiger partial charge in [-0.3, -0.25) is 4.57 Å². The van der Waals surface area contributed by atoms with Crippen molar-refractivity contribution in [3.8, 4) is 0 Å². The number of aliphatic hydroxyl groups is 1. The number of alkyl halides is 3. The maximum atomic E-state index is 13.9. The number of nitrogens with two attached hydrogens (primary N) is 1. The Morgan fingerprint density at radius 3 is 2.84 bits per heavy atom. The van der Waals surface area contributed by atoms with Gasteiger partial charge in [-0.25, -0.2) is 4.79 Å². The van der Waals surface area contributed by atoms with Crippen molar-refractivity contribution in [3.63, 3.8) is 0 Å². The van der Waals surface area contributed by atoms with Gasteiger partial charge < -0.3 is 15.6 Å². The highest BCUT2D eigenvalue weighted by Crippen LogP contribution is 2.42. The molecule has 1 saturated heterocycles. The Hall–Kier alpha value is -0.330. The molecule has 1 fully saturated rings. The number of rotatable bonds is 2. The average Bonchev–Trinajstić information content (AvgIpc) is 2.56. The van der Waals surface area contributed by atoms with E-state index in [0.29, 0.717) is 4.57 Å². The highest BCUT2D eigenvalue weighted by molar-refractivity contribution is 14.1. The molecular weight excluding hydrogens is 443 g/mol. The first kappa shape index (κ1) is 15.1. The fourth-order valence-electron chi connectivity index (χ4n) is 1.72. The summed E-state index contributed by atoms with van der Waals surface area (Å²) < 4.78 is 33.9. The van der Waals surface area contributed by atoms with Crippen LogP contribution in [0, 0.1) is 0 Å². The molecule has 0 aliphatic carbocycles. The summed E-state index contributed by atoms with van der Waals surface area (Å²) >= 11 is 4.82. The molecule has 0 unspecified atom stereocenters. The third-order valence-electron chi connectivity index (χ3n) is 2.72. The first-order valence-corrected chi connectivity index (χ1v) is 7.42. The zero-order valence-corrected chi connectivity index (χ0v) is 13.0. The molecule has 0 aromatic carbocycles. The number of hydrogen-bond donors (Lipinski definition) is 2. The van der Waals surface area contributed by atoms with E-state index in [-0.39, 0.29) is 14.7 Å². The second-order valence-corrected chi connectivity index (χ2v) is 5.70. The summed E-state index contributed by atoms with van der Waals surface area (Å²) in [5.41, 5.74) is 4.42. The van der Waals surface area contributed by atoms with Crippen LogP contribution < -0.4 is 11.4 Å². The summed E-state index contributed by atoms with van der Waals surface area (Å²) in [7, 11) is 0. The van der Waals surface area contributed by atoms with Crippen molar-refractivity contribution in [2.24, 2.45) is 0 Å². The van der Waals surface area contributed by atoms with Gasteiger partial charge in [-0.2, -0.15) is 13.8 Å². The van der Waals surface area contributed by atoms with Gasteiger partial charge in [-0.1, -0.05) is 22.6 Å². The fourth-order valence-corrected chi connectivity index (χ4v) is 2.72. The maximum absolute atomic E-state index is 13.9. The van der Waals surface area contributed by atoms with Crippen LogP contribution in [0.2, 0.25) is 0 Å². The van der Waals surface area contributed by atoms with E-state index >= 15 is 0 Å². The Labute approximate surface area is 128 Å². The molecule has 0 bridgehead atoms. The SMILES string of the molecule is Nc1nc(=O)n([C@@H]2O[C@H](CI)[C@@H](O)C2(F)F)cc1Br. The van der Waals surface area contributed by atoms with Crippen molar-refractivity contribution in [1.29, 1.82) is 0 Å². The zero-order chi connectivity index (χ0) is 14.4. The molecule has 6 nitrogen and oxygen atoms in total.